The molecule has 0 radical (unpaired) electrons. The monoisotopic (exact) mass is 329 g/mol. The number of hydrogen-bond donors (Lipinski definition) is 2. The number of ether oxygens (including phenoxy) is 2. The van der Waals surface area contributed by atoms with Gasteiger partial charge in [0, 0.05) is 5.56 Å². The van der Waals surface area contributed by atoms with E-state index >= 15 is 0 Å². The Morgan fingerprint density at radius 1 is 1.09 bits per heavy atom. The molecule has 1 heterocycles. The number of fused-ring (bicyclic) bond motifs is 1. The van der Waals surface area contributed by atoms with Crippen LogP contribution >= 0.6 is 11.3 Å². The quantitative estimate of drug-likeness (QED) is 0.704. The minimum Gasteiger partial charge on any atom is -0.497 e. The highest BCUT2D eigenvalue weighted by Gasteiger charge is 2.09. The van der Waals surface area contributed by atoms with Crippen molar-refractivity contribution in [3.05, 3.63) is 48.0 Å². The smallest absolute Gasteiger partial charge is 0.269 e. The van der Waals surface area contributed by atoms with Gasteiger partial charge in [0.2, 0.25) is 5.13 Å². The standard InChI is InChI=1S/C16H15N3O3S/c1-21-11-5-3-4-10(8-11)15(20)18-19-16-17-13-7-6-12(22-2)9-14(13)23-16/h3-9H,1-2H3,(H,17,19)(H,18,20). The summed E-state index contributed by atoms with van der Waals surface area (Å²) in [5.74, 6) is 1.14. The first-order chi connectivity index (χ1) is 11.2. The van der Waals surface area contributed by atoms with Gasteiger partial charge in [-0.15, -0.1) is 0 Å². The van der Waals surface area contributed by atoms with E-state index in [4.69, 9.17) is 9.47 Å². The third kappa shape index (κ3) is 3.35. The Hall–Kier alpha value is -2.80. The summed E-state index contributed by atoms with van der Waals surface area (Å²) in [5.41, 5.74) is 6.80. The van der Waals surface area contributed by atoms with Crippen molar-refractivity contribution in [1.82, 2.24) is 10.4 Å². The Morgan fingerprint density at radius 3 is 2.65 bits per heavy atom. The number of aromatic nitrogens is 1. The second kappa shape index (κ2) is 6.53. The molecule has 0 unspecified atom stereocenters. The number of rotatable bonds is 5. The number of nitrogens with one attached hydrogen (secondary N) is 2. The fraction of sp³-hybridized carbons (Fsp3) is 0.125. The topological polar surface area (TPSA) is 72.5 Å². The van der Waals surface area contributed by atoms with Gasteiger partial charge in [0.25, 0.3) is 5.91 Å². The van der Waals surface area contributed by atoms with Crippen molar-refractivity contribution in [2.45, 2.75) is 0 Å². The van der Waals surface area contributed by atoms with Gasteiger partial charge in [-0.3, -0.25) is 15.6 Å². The maximum absolute atomic E-state index is 12.1. The van der Waals surface area contributed by atoms with Crippen LogP contribution in [0.15, 0.2) is 42.5 Å². The van der Waals surface area contributed by atoms with E-state index in [2.05, 4.69) is 15.8 Å². The lowest BCUT2D eigenvalue weighted by Gasteiger charge is -2.06. The summed E-state index contributed by atoms with van der Waals surface area (Å²) < 4.78 is 11.3. The number of methoxy groups -OCH3 is 2. The summed E-state index contributed by atoms with van der Waals surface area (Å²) in [5, 5.41) is 0.601. The first-order valence-corrected chi connectivity index (χ1v) is 7.66. The fourth-order valence-electron chi connectivity index (χ4n) is 2.03. The van der Waals surface area contributed by atoms with Crippen molar-refractivity contribution >= 4 is 32.6 Å². The Labute approximate surface area is 137 Å². The molecule has 118 valence electrons. The largest absolute Gasteiger partial charge is 0.497 e. The molecule has 0 bridgehead atoms. The van der Waals surface area contributed by atoms with Gasteiger partial charge in [-0.05, 0) is 36.4 Å². The Bertz CT molecular complexity index is 847. The van der Waals surface area contributed by atoms with Gasteiger partial charge in [0.05, 0.1) is 24.4 Å². The number of carbonyl (C=O) groups excluding carboxylic acids is 1. The lowest BCUT2D eigenvalue weighted by atomic mass is 10.2. The number of amides is 1. The maximum Gasteiger partial charge on any atom is 0.269 e. The van der Waals surface area contributed by atoms with Crippen LogP contribution in [0.5, 0.6) is 11.5 Å². The average molecular weight is 329 g/mol. The second-order valence-corrected chi connectivity index (χ2v) is 5.69. The van der Waals surface area contributed by atoms with Gasteiger partial charge in [0.1, 0.15) is 11.5 Å². The predicted octanol–water partition coefficient (Wildman–Crippen LogP) is 3.07. The number of benzene rings is 2. The molecule has 0 aliphatic rings. The normalized spacial score (nSPS) is 10.3. The van der Waals surface area contributed by atoms with Gasteiger partial charge in [0.15, 0.2) is 0 Å². The number of anilines is 1. The molecule has 1 aromatic heterocycles. The van der Waals surface area contributed by atoms with Crippen molar-refractivity contribution in [1.29, 1.82) is 0 Å². The van der Waals surface area contributed by atoms with Crippen LogP contribution in [0.2, 0.25) is 0 Å². The van der Waals surface area contributed by atoms with Crippen molar-refractivity contribution in [2.24, 2.45) is 0 Å². The highest BCUT2D eigenvalue weighted by molar-refractivity contribution is 7.22. The molecule has 2 aromatic carbocycles. The SMILES string of the molecule is COc1cccc(C(=O)NNc2nc3ccc(OC)cc3s2)c1. The molecule has 2 N–H and O–H groups in total. The van der Waals surface area contributed by atoms with Crippen LogP contribution in [0.1, 0.15) is 10.4 Å². The minimum absolute atomic E-state index is 0.263. The molecule has 0 spiro atoms. The van der Waals surface area contributed by atoms with Crippen LogP contribution < -0.4 is 20.3 Å². The first-order valence-electron chi connectivity index (χ1n) is 6.84. The molecule has 0 saturated heterocycles. The van der Waals surface area contributed by atoms with Crippen LogP contribution in [-0.2, 0) is 0 Å². The molecule has 0 atom stereocenters. The Morgan fingerprint density at radius 2 is 1.87 bits per heavy atom. The van der Waals surface area contributed by atoms with Gasteiger partial charge < -0.3 is 9.47 Å². The predicted molar refractivity (Wildman–Crippen MR) is 90.3 cm³/mol. The van der Waals surface area contributed by atoms with E-state index in [0.717, 1.165) is 16.0 Å². The molecule has 1 amide bonds. The molecule has 3 aromatic rings. The van der Waals surface area contributed by atoms with E-state index in [-0.39, 0.29) is 5.91 Å². The van der Waals surface area contributed by atoms with Gasteiger partial charge in [-0.25, -0.2) is 4.98 Å². The lowest BCUT2D eigenvalue weighted by molar-refractivity contribution is 0.0962. The van der Waals surface area contributed by atoms with E-state index < -0.39 is 0 Å². The molecule has 0 aliphatic carbocycles. The van der Waals surface area contributed by atoms with Crippen molar-refractivity contribution in [3.8, 4) is 11.5 Å². The third-order valence-electron chi connectivity index (χ3n) is 3.21. The van der Waals surface area contributed by atoms with E-state index in [0.29, 0.717) is 16.4 Å². The zero-order valence-corrected chi connectivity index (χ0v) is 13.4. The van der Waals surface area contributed by atoms with Gasteiger partial charge in [-0.1, -0.05) is 17.4 Å². The van der Waals surface area contributed by atoms with Crippen molar-refractivity contribution < 1.29 is 14.3 Å². The number of nitrogens with zero attached hydrogens (tertiary/aromatic N) is 1. The van der Waals surface area contributed by atoms with Crippen molar-refractivity contribution in [2.75, 3.05) is 19.6 Å². The van der Waals surface area contributed by atoms with Crippen LogP contribution in [0.4, 0.5) is 5.13 Å². The summed E-state index contributed by atoms with van der Waals surface area (Å²) >= 11 is 1.43. The Kier molecular flexibility index (Phi) is 4.29. The first kappa shape index (κ1) is 15.1. The minimum atomic E-state index is -0.263. The van der Waals surface area contributed by atoms with Crippen LogP contribution in [-0.4, -0.2) is 25.1 Å². The van der Waals surface area contributed by atoms with E-state index in [1.165, 1.54) is 11.3 Å². The van der Waals surface area contributed by atoms with Gasteiger partial charge >= 0.3 is 0 Å². The summed E-state index contributed by atoms with van der Waals surface area (Å²) in [6.45, 7) is 0. The highest BCUT2D eigenvalue weighted by atomic mass is 32.1. The molecular formula is C16H15N3O3S. The van der Waals surface area contributed by atoms with E-state index in [1.807, 2.05) is 18.2 Å². The number of hydrazine groups is 1. The van der Waals surface area contributed by atoms with Crippen molar-refractivity contribution in [3.63, 3.8) is 0 Å². The average Bonchev–Trinajstić information content (AvgIpc) is 3.01. The molecule has 6 nitrogen and oxygen atoms in total. The van der Waals surface area contributed by atoms with Crippen LogP contribution in [0.3, 0.4) is 0 Å². The van der Waals surface area contributed by atoms with Gasteiger partial charge in [-0.2, -0.15) is 0 Å². The molecule has 3 rings (SSSR count). The fourth-order valence-corrected chi connectivity index (χ4v) is 2.88. The van der Waals surface area contributed by atoms with Crippen LogP contribution in [0, 0.1) is 0 Å². The summed E-state index contributed by atoms with van der Waals surface area (Å²) in [4.78, 5) is 16.5. The van der Waals surface area contributed by atoms with E-state index in [1.54, 1.807) is 38.5 Å². The summed E-state index contributed by atoms with van der Waals surface area (Å²) in [6, 6.07) is 12.5. The summed E-state index contributed by atoms with van der Waals surface area (Å²) in [7, 11) is 3.18. The molecular weight excluding hydrogens is 314 g/mol. The summed E-state index contributed by atoms with van der Waals surface area (Å²) in [6.07, 6.45) is 0. The molecule has 0 aliphatic heterocycles. The number of carbonyl (C=O) groups is 1. The molecule has 7 heteroatoms. The van der Waals surface area contributed by atoms with E-state index in [9.17, 15) is 4.79 Å². The van der Waals surface area contributed by atoms with Crippen LogP contribution in [0.25, 0.3) is 10.2 Å². The molecule has 23 heavy (non-hydrogen) atoms. The number of thiazole rings is 1. The molecule has 0 fully saturated rings. The number of hydrogen-bond acceptors (Lipinski definition) is 6. The lowest BCUT2D eigenvalue weighted by Crippen LogP contribution is -2.29. The highest BCUT2D eigenvalue weighted by Crippen LogP contribution is 2.28. The maximum atomic E-state index is 12.1. The third-order valence-corrected chi connectivity index (χ3v) is 4.14. The molecule has 0 saturated carbocycles. The second-order valence-electron chi connectivity index (χ2n) is 4.66. The zero-order valence-electron chi connectivity index (χ0n) is 12.6. The Balaban J connectivity index is 1.71. The zero-order chi connectivity index (χ0) is 16.2.